The number of nitrogens with zero attached hydrogens (tertiary/aromatic N) is 5. The fraction of sp³-hybridized carbons (Fsp3) is 0.320. The summed E-state index contributed by atoms with van der Waals surface area (Å²) in [7, 11) is 0. The molecule has 2 aliphatic rings. The van der Waals surface area contributed by atoms with Crippen molar-refractivity contribution in [2.75, 3.05) is 31.1 Å². The molecule has 1 saturated heterocycles. The van der Waals surface area contributed by atoms with Gasteiger partial charge in [-0.25, -0.2) is 14.1 Å². The second kappa shape index (κ2) is 9.45. The van der Waals surface area contributed by atoms with Crippen LogP contribution in [-0.4, -0.2) is 52.5 Å². The Morgan fingerprint density at radius 3 is 2.34 bits per heavy atom. The monoisotopic (exact) mass is 533 g/mol. The van der Waals surface area contributed by atoms with Gasteiger partial charge in [-0.3, -0.25) is 4.79 Å². The zero-order chi connectivity index (χ0) is 24.9. The Labute approximate surface area is 217 Å². The minimum Gasteiger partial charge on any atom is -0.368 e. The minimum atomic E-state index is -0.619. The maximum atomic E-state index is 14.0. The summed E-state index contributed by atoms with van der Waals surface area (Å²) in [6.45, 7) is 5.98. The lowest BCUT2D eigenvalue weighted by Crippen LogP contribution is -2.53. The molecule has 6 nitrogen and oxygen atoms in total. The summed E-state index contributed by atoms with van der Waals surface area (Å²) in [5, 5.41) is 5.85. The maximum Gasteiger partial charge on any atom is 0.234 e. The van der Waals surface area contributed by atoms with Gasteiger partial charge in [0.1, 0.15) is 16.8 Å². The highest BCUT2D eigenvalue weighted by atomic mass is 35.5. The Morgan fingerprint density at radius 2 is 1.66 bits per heavy atom. The van der Waals surface area contributed by atoms with Crippen LogP contribution in [0.5, 0.6) is 0 Å². The maximum absolute atomic E-state index is 14.0. The zero-order valence-corrected chi connectivity index (χ0v) is 21.4. The van der Waals surface area contributed by atoms with E-state index in [1.807, 2.05) is 24.0 Å². The molecular formula is C25H23Cl3FN5O. The largest absolute Gasteiger partial charge is 0.368 e. The number of rotatable bonds is 3. The number of fused-ring (bicyclic) bond motifs is 1. The van der Waals surface area contributed by atoms with E-state index in [4.69, 9.17) is 34.8 Å². The summed E-state index contributed by atoms with van der Waals surface area (Å²) >= 11 is 19.5. The molecule has 10 heteroatoms. The van der Waals surface area contributed by atoms with Gasteiger partial charge >= 0.3 is 0 Å². The molecule has 2 unspecified atom stereocenters. The van der Waals surface area contributed by atoms with E-state index in [2.05, 4.69) is 15.0 Å². The first-order chi connectivity index (χ1) is 16.8. The average molecular weight is 535 g/mol. The molecule has 35 heavy (non-hydrogen) atoms. The van der Waals surface area contributed by atoms with Crippen LogP contribution in [0, 0.1) is 18.7 Å². The van der Waals surface area contributed by atoms with Crippen molar-refractivity contribution < 1.29 is 9.18 Å². The highest BCUT2D eigenvalue weighted by Gasteiger charge is 2.42. The van der Waals surface area contributed by atoms with Crippen LogP contribution in [0.25, 0.3) is 0 Å². The number of benzene rings is 2. The molecule has 3 aromatic rings. The molecular weight excluding hydrogens is 512 g/mol. The number of hydrogen-bond donors (Lipinski definition) is 0. The summed E-state index contributed by atoms with van der Waals surface area (Å²) in [5.74, 6) is -0.436. The van der Waals surface area contributed by atoms with Gasteiger partial charge in [-0.15, -0.1) is 0 Å². The van der Waals surface area contributed by atoms with Gasteiger partial charge in [0, 0.05) is 37.6 Å². The van der Waals surface area contributed by atoms with Crippen LogP contribution in [0.15, 0.2) is 47.5 Å². The molecule has 0 spiro atoms. The Balaban J connectivity index is 1.47. The molecule has 2 aromatic carbocycles. The third kappa shape index (κ3) is 4.30. The second-order valence-corrected chi connectivity index (χ2v) is 9.94. The molecule has 1 amide bonds. The molecule has 0 N–H and O–H groups in total. The third-order valence-electron chi connectivity index (χ3n) is 6.65. The van der Waals surface area contributed by atoms with Crippen molar-refractivity contribution in [3.05, 3.63) is 74.6 Å². The van der Waals surface area contributed by atoms with Crippen molar-refractivity contribution >= 4 is 57.9 Å². The summed E-state index contributed by atoms with van der Waals surface area (Å²) in [5.41, 5.74) is 2.90. The number of carbonyl (C=O) groups is 1. The van der Waals surface area contributed by atoms with Crippen molar-refractivity contribution in [2.45, 2.75) is 19.9 Å². The zero-order valence-electron chi connectivity index (χ0n) is 19.2. The lowest BCUT2D eigenvalue weighted by molar-refractivity contribution is -0.134. The number of piperazine rings is 1. The average Bonchev–Trinajstić information content (AvgIpc) is 3.13. The number of anilines is 1. The first-order valence-corrected chi connectivity index (χ1v) is 12.4. The quantitative estimate of drug-likeness (QED) is 0.417. The SMILES string of the molecule is CC1=Nc2c(Cl)c(C)nn2C(c2cccc(Cl)c2Cl)C1C(=O)N1CCN(c2ccc(F)cc2)CC1. The van der Waals surface area contributed by atoms with E-state index >= 15 is 0 Å². The van der Waals surface area contributed by atoms with Gasteiger partial charge in [0.05, 0.1) is 21.8 Å². The van der Waals surface area contributed by atoms with Crippen molar-refractivity contribution in [1.82, 2.24) is 14.7 Å². The second-order valence-electron chi connectivity index (χ2n) is 8.78. The van der Waals surface area contributed by atoms with Gasteiger partial charge in [0.15, 0.2) is 5.82 Å². The molecule has 0 saturated carbocycles. The number of aryl methyl sites for hydroxylation is 1. The Bertz CT molecular complexity index is 1320. The molecule has 2 atom stereocenters. The van der Waals surface area contributed by atoms with E-state index in [0.29, 0.717) is 64.0 Å². The highest BCUT2D eigenvalue weighted by Crippen LogP contribution is 2.44. The summed E-state index contributed by atoms with van der Waals surface area (Å²) < 4.78 is 15.0. The molecule has 3 heterocycles. The van der Waals surface area contributed by atoms with Crippen LogP contribution >= 0.6 is 34.8 Å². The molecule has 1 aromatic heterocycles. The third-order valence-corrected chi connectivity index (χ3v) is 7.93. The Morgan fingerprint density at radius 1 is 0.971 bits per heavy atom. The fourth-order valence-electron chi connectivity index (χ4n) is 4.82. The van der Waals surface area contributed by atoms with Crippen LogP contribution in [0.1, 0.15) is 24.2 Å². The first-order valence-electron chi connectivity index (χ1n) is 11.3. The Hall–Kier alpha value is -2.61. The van der Waals surface area contributed by atoms with Crippen LogP contribution in [-0.2, 0) is 4.79 Å². The lowest BCUT2D eigenvalue weighted by Gasteiger charge is -2.40. The molecule has 0 aliphatic carbocycles. The molecule has 182 valence electrons. The summed E-state index contributed by atoms with van der Waals surface area (Å²) in [6.07, 6.45) is 0. The molecule has 2 aliphatic heterocycles. The van der Waals surface area contributed by atoms with Crippen LogP contribution in [0.3, 0.4) is 0 Å². The van der Waals surface area contributed by atoms with E-state index in [-0.39, 0.29) is 11.7 Å². The predicted molar refractivity (Wildman–Crippen MR) is 138 cm³/mol. The van der Waals surface area contributed by atoms with Crippen molar-refractivity contribution in [2.24, 2.45) is 10.9 Å². The normalized spacial score (nSPS) is 20.0. The smallest absolute Gasteiger partial charge is 0.234 e. The van der Waals surface area contributed by atoms with Gasteiger partial charge < -0.3 is 9.80 Å². The number of aliphatic imine (C=N–C) groups is 1. The fourth-order valence-corrected chi connectivity index (χ4v) is 5.41. The molecule has 5 rings (SSSR count). The van der Waals surface area contributed by atoms with E-state index in [1.54, 1.807) is 29.8 Å². The summed E-state index contributed by atoms with van der Waals surface area (Å²) in [6, 6.07) is 11.3. The molecule has 1 fully saturated rings. The number of carbonyl (C=O) groups excluding carboxylic acids is 1. The minimum absolute atomic E-state index is 0.0547. The van der Waals surface area contributed by atoms with Crippen molar-refractivity contribution in [3.63, 3.8) is 0 Å². The van der Waals surface area contributed by atoms with Gasteiger partial charge in [-0.05, 0) is 49.7 Å². The highest BCUT2D eigenvalue weighted by molar-refractivity contribution is 6.42. The van der Waals surface area contributed by atoms with Crippen molar-refractivity contribution in [1.29, 1.82) is 0 Å². The van der Waals surface area contributed by atoms with E-state index in [0.717, 1.165) is 5.69 Å². The van der Waals surface area contributed by atoms with Gasteiger partial charge in [0.2, 0.25) is 5.91 Å². The van der Waals surface area contributed by atoms with Crippen LogP contribution < -0.4 is 4.90 Å². The molecule has 0 radical (unpaired) electrons. The molecule has 0 bridgehead atoms. The standard InChI is InChI=1S/C25H23Cl3FN5O/c1-14-20(25(35)33-12-10-32(11-13-33)17-8-6-16(29)7-9-17)23(18-4-3-5-19(26)22(18)28)34-24(30-14)21(27)15(2)31-34/h3-9,20,23H,10-13H2,1-2H3. The predicted octanol–water partition coefficient (Wildman–Crippen LogP) is 5.95. The lowest BCUT2D eigenvalue weighted by atomic mass is 9.86. The van der Waals surface area contributed by atoms with Crippen LogP contribution in [0.4, 0.5) is 15.9 Å². The Kier molecular flexibility index (Phi) is 6.51. The van der Waals surface area contributed by atoms with Crippen LogP contribution in [0.2, 0.25) is 15.1 Å². The number of aromatic nitrogens is 2. The van der Waals surface area contributed by atoms with Crippen molar-refractivity contribution in [3.8, 4) is 0 Å². The first kappa shape index (κ1) is 24.1. The number of halogens is 4. The van der Waals surface area contributed by atoms with E-state index in [9.17, 15) is 9.18 Å². The number of hydrogen-bond acceptors (Lipinski definition) is 4. The van der Waals surface area contributed by atoms with E-state index in [1.165, 1.54) is 12.1 Å². The summed E-state index contributed by atoms with van der Waals surface area (Å²) in [4.78, 5) is 22.6. The number of amides is 1. The van der Waals surface area contributed by atoms with Gasteiger partial charge in [-0.2, -0.15) is 5.10 Å². The van der Waals surface area contributed by atoms with E-state index < -0.39 is 12.0 Å². The van der Waals surface area contributed by atoms with Gasteiger partial charge in [-0.1, -0.05) is 46.9 Å². The topological polar surface area (TPSA) is 53.7 Å². The van der Waals surface area contributed by atoms with Gasteiger partial charge in [0.25, 0.3) is 0 Å².